The molecular weight excluding hydrogens is 241 g/mol. The molecule has 0 aliphatic heterocycles. The third-order valence-electron chi connectivity index (χ3n) is 2.24. The number of nitrogens with one attached hydrogen (secondary N) is 1. The fraction of sp³-hybridized carbons (Fsp3) is 0.0833. The van der Waals surface area contributed by atoms with Crippen molar-refractivity contribution in [2.45, 2.75) is 6.54 Å². The van der Waals surface area contributed by atoms with E-state index < -0.39 is 5.82 Å². The largest absolute Gasteiger partial charge is 0.397 e. The fourth-order valence-corrected chi connectivity index (χ4v) is 1.61. The van der Waals surface area contributed by atoms with E-state index >= 15 is 0 Å². The quantitative estimate of drug-likeness (QED) is 0.882. The number of hydrogen-bond donors (Lipinski definition) is 2. The Morgan fingerprint density at radius 2 is 2.12 bits per heavy atom. The van der Waals surface area contributed by atoms with Crippen molar-refractivity contribution in [3.63, 3.8) is 0 Å². The summed E-state index contributed by atoms with van der Waals surface area (Å²) in [7, 11) is 0. The Morgan fingerprint density at radius 3 is 2.82 bits per heavy atom. The number of anilines is 2. The molecule has 1 heterocycles. The summed E-state index contributed by atoms with van der Waals surface area (Å²) in [5, 5.41) is 3.25. The van der Waals surface area contributed by atoms with Crippen LogP contribution >= 0.6 is 11.6 Å². The minimum Gasteiger partial charge on any atom is -0.397 e. The summed E-state index contributed by atoms with van der Waals surface area (Å²) in [4.78, 5) is 3.95. The third-order valence-corrected chi connectivity index (χ3v) is 2.53. The van der Waals surface area contributed by atoms with Gasteiger partial charge in [-0.05, 0) is 23.8 Å². The standard InChI is InChI=1S/C12H11ClFN3/c13-11-3-8(1-2-12(11)14)5-17-10-4-9(15)6-16-7-10/h1-4,6-7,17H,5,15H2. The van der Waals surface area contributed by atoms with E-state index in [0.717, 1.165) is 11.3 Å². The van der Waals surface area contributed by atoms with E-state index in [1.54, 1.807) is 30.6 Å². The fourth-order valence-electron chi connectivity index (χ4n) is 1.41. The summed E-state index contributed by atoms with van der Waals surface area (Å²) in [6.45, 7) is 0.533. The highest BCUT2D eigenvalue weighted by atomic mass is 35.5. The van der Waals surface area contributed by atoms with Gasteiger partial charge in [-0.3, -0.25) is 4.98 Å². The van der Waals surface area contributed by atoms with Gasteiger partial charge in [0.2, 0.25) is 0 Å². The lowest BCUT2D eigenvalue weighted by atomic mass is 10.2. The summed E-state index contributed by atoms with van der Waals surface area (Å²) in [5.41, 5.74) is 7.89. The van der Waals surface area contributed by atoms with Crippen molar-refractivity contribution in [3.05, 3.63) is 53.1 Å². The molecule has 0 saturated carbocycles. The van der Waals surface area contributed by atoms with Crippen LogP contribution in [0.15, 0.2) is 36.7 Å². The Bertz CT molecular complexity index is 531. The Labute approximate surface area is 103 Å². The predicted octanol–water partition coefficient (Wildman–Crippen LogP) is 3.07. The summed E-state index contributed by atoms with van der Waals surface area (Å²) in [5.74, 6) is -0.416. The zero-order valence-electron chi connectivity index (χ0n) is 8.95. The van der Waals surface area contributed by atoms with Gasteiger partial charge in [-0.15, -0.1) is 0 Å². The summed E-state index contributed by atoms with van der Waals surface area (Å²) >= 11 is 5.69. The van der Waals surface area contributed by atoms with Gasteiger partial charge in [-0.1, -0.05) is 17.7 Å². The zero-order valence-corrected chi connectivity index (χ0v) is 9.71. The second-order valence-corrected chi connectivity index (χ2v) is 4.02. The van der Waals surface area contributed by atoms with E-state index in [2.05, 4.69) is 10.3 Å². The van der Waals surface area contributed by atoms with Crippen molar-refractivity contribution in [1.82, 2.24) is 4.98 Å². The van der Waals surface area contributed by atoms with Crippen LogP contribution < -0.4 is 11.1 Å². The molecule has 3 nitrogen and oxygen atoms in total. The van der Waals surface area contributed by atoms with Crippen molar-refractivity contribution < 1.29 is 4.39 Å². The van der Waals surface area contributed by atoms with Gasteiger partial charge < -0.3 is 11.1 Å². The van der Waals surface area contributed by atoms with Crippen LogP contribution in [0.5, 0.6) is 0 Å². The number of nitrogens with two attached hydrogens (primary N) is 1. The Kier molecular flexibility index (Phi) is 3.44. The van der Waals surface area contributed by atoms with Crippen LogP contribution in [0.4, 0.5) is 15.8 Å². The van der Waals surface area contributed by atoms with E-state index in [9.17, 15) is 4.39 Å². The topological polar surface area (TPSA) is 50.9 Å². The summed E-state index contributed by atoms with van der Waals surface area (Å²) in [6.07, 6.45) is 3.24. The number of pyridine rings is 1. The number of rotatable bonds is 3. The lowest BCUT2D eigenvalue weighted by Crippen LogP contribution is -2.00. The molecular formula is C12H11ClFN3. The molecule has 2 aromatic rings. The Balaban J connectivity index is 2.05. The molecule has 2 rings (SSSR count). The molecule has 1 aromatic carbocycles. The van der Waals surface area contributed by atoms with E-state index in [-0.39, 0.29) is 5.02 Å². The first-order chi connectivity index (χ1) is 8.15. The second kappa shape index (κ2) is 5.01. The van der Waals surface area contributed by atoms with Gasteiger partial charge in [0.05, 0.1) is 22.6 Å². The van der Waals surface area contributed by atoms with Crippen LogP contribution in [0.25, 0.3) is 0 Å². The highest BCUT2D eigenvalue weighted by molar-refractivity contribution is 6.30. The first-order valence-corrected chi connectivity index (χ1v) is 5.41. The molecule has 0 saturated heterocycles. The van der Waals surface area contributed by atoms with Gasteiger partial charge in [0, 0.05) is 12.7 Å². The van der Waals surface area contributed by atoms with Crippen LogP contribution in [0.3, 0.4) is 0 Å². The van der Waals surface area contributed by atoms with Crippen molar-refractivity contribution in [2.24, 2.45) is 0 Å². The lowest BCUT2D eigenvalue weighted by Gasteiger charge is -2.07. The molecule has 0 amide bonds. The highest BCUT2D eigenvalue weighted by Gasteiger charge is 2.01. The zero-order chi connectivity index (χ0) is 12.3. The van der Waals surface area contributed by atoms with E-state index in [1.807, 2.05) is 0 Å². The third kappa shape index (κ3) is 3.07. The molecule has 0 atom stereocenters. The molecule has 0 spiro atoms. The van der Waals surface area contributed by atoms with Gasteiger partial charge in [0.25, 0.3) is 0 Å². The van der Waals surface area contributed by atoms with Crippen LogP contribution in [0.1, 0.15) is 5.56 Å². The smallest absolute Gasteiger partial charge is 0.141 e. The Hall–Kier alpha value is -1.81. The van der Waals surface area contributed by atoms with Crippen molar-refractivity contribution in [2.75, 3.05) is 11.1 Å². The number of hydrogen-bond acceptors (Lipinski definition) is 3. The molecule has 3 N–H and O–H groups in total. The van der Waals surface area contributed by atoms with Gasteiger partial charge in [-0.2, -0.15) is 0 Å². The van der Waals surface area contributed by atoms with Gasteiger partial charge >= 0.3 is 0 Å². The van der Waals surface area contributed by atoms with Crippen molar-refractivity contribution >= 4 is 23.0 Å². The first-order valence-electron chi connectivity index (χ1n) is 5.03. The van der Waals surface area contributed by atoms with E-state index in [4.69, 9.17) is 17.3 Å². The molecule has 0 aliphatic rings. The Morgan fingerprint density at radius 1 is 1.29 bits per heavy atom. The maximum absolute atomic E-state index is 12.9. The molecule has 88 valence electrons. The van der Waals surface area contributed by atoms with Crippen molar-refractivity contribution in [1.29, 1.82) is 0 Å². The van der Waals surface area contributed by atoms with Crippen LogP contribution in [-0.4, -0.2) is 4.98 Å². The van der Waals surface area contributed by atoms with Crippen LogP contribution in [0, 0.1) is 5.82 Å². The van der Waals surface area contributed by atoms with Gasteiger partial charge in [-0.25, -0.2) is 4.39 Å². The average molecular weight is 252 g/mol. The average Bonchev–Trinajstić information content (AvgIpc) is 2.31. The maximum atomic E-state index is 12.9. The maximum Gasteiger partial charge on any atom is 0.141 e. The number of aromatic nitrogens is 1. The summed E-state index contributed by atoms with van der Waals surface area (Å²) < 4.78 is 12.9. The lowest BCUT2D eigenvalue weighted by molar-refractivity contribution is 0.627. The number of nitrogens with zero attached hydrogens (tertiary/aromatic N) is 1. The molecule has 0 unspecified atom stereocenters. The van der Waals surface area contributed by atoms with E-state index in [1.165, 1.54) is 6.07 Å². The predicted molar refractivity (Wildman–Crippen MR) is 67.4 cm³/mol. The second-order valence-electron chi connectivity index (χ2n) is 3.61. The summed E-state index contributed by atoms with van der Waals surface area (Å²) in [6, 6.07) is 6.38. The number of nitrogen functional groups attached to an aromatic ring is 1. The molecule has 5 heteroatoms. The van der Waals surface area contributed by atoms with Gasteiger partial charge in [0.1, 0.15) is 5.82 Å². The minimum absolute atomic E-state index is 0.120. The molecule has 0 fully saturated rings. The molecule has 17 heavy (non-hydrogen) atoms. The first kappa shape index (κ1) is 11.7. The van der Waals surface area contributed by atoms with Gasteiger partial charge in [0.15, 0.2) is 0 Å². The van der Waals surface area contributed by atoms with Crippen LogP contribution in [0.2, 0.25) is 5.02 Å². The number of halogens is 2. The highest BCUT2D eigenvalue weighted by Crippen LogP contribution is 2.17. The van der Waals surface area contributed by atoms with Crippen molar-refractivity contribution in [3.8, 4) is 0 Å². The SMILES string of the molecule is Nc1cncc(NCc2ccc(F)c(Cl)c2)c1. The number of benzene rings is 1. The minimum atomic E-state index is -0.416. The molecule has 0 radical (unpaired) electrons. The monoisotopic (exact) mass is 251 g/mol. The van der Waals surface area contributed by atoms with E-state index in [0.29, 0.717) is 12.2 Å². The normalized spacial score (nSPS) is 10.2. The molecule has 0 aliphatic carbocycles. The molecule has 0 bridgehead atoms. The van der Waals surface area contributed by atoms with Crippen LogP contribution in [-0.2, 0) is 6.54 Å². The molecule has 1 aromatic heterocycles.